The van der Waals surface area contributed by atoms with Crippen molar-refractivity contribution in [3.8, 4) is 0 Å². The first-order chi connectivity index (χ1) is 11.1. The lowest BCUT2D eigenvalue weighted by atomic mass is 9.99. The maximum absolute atomic E-state index is 12.3. The van der Waals surface area contributed by atoms with E-state index in [4.69, 9.17) is 0 Å². The first kappa shape index (κ1) is 15.5. The summed E-state index contributed by atoms with van der Waals surface area (Å²) in [4.78, 5) is 19.0. The van der Waals surface area contributed by atoms with Gasteiger partial charge in [0.05, 0.1) is 11.9 Å². The molecular weight excluding hydrogens is 286 g/mol. The number of benzene rings is 1. The largest absolute Gasteiger partial charge is 0.370 e. The molecule has 4 heteroatoms. The van der Waals surface area contributed by atoms with Crippen LogP contribution in [0.5, 0.6) is 0 Å². The quantitative estimate of drug-likeness (QED) is 0.936. The van der Waals surface area contributed by atoms with Crippen LogP contribution in [0.3, 0.4) is 0 Å². The van der Waals surface area contributed by atoms with E-state index in [1.54, 1.807) is 6.07 Å². The molecule has 1 aliphatic rings. The first-order valence-electron chi connectivity index (χ1n) is 8.21. The van der Waals surface area contributed by atoms with Gasteiger partial charge in [-0.1, -0.05) is 25.1 Å². The fourth-order valence-electron chi connectivity index (χ4n) is 2.87. The molecule has 0 aliphatic carbocycles. The van der Waals surface area contributed by atoms with Crippen molar-refractivity contribution in [1.82, 2.24) is 4.98 Å². The molecule has 0 spiro atoms. The second-order valence-electron chi connectivity index (χ2n) is 6.34. The van der Waals surface area contributed by atoms with Crippen molar-refractivity contribution >= 4 is 17.3 Å². The lowest BCUT2D eigenvalue weighted by Crippen LogP contribution is -2.32. The summed E-state index contributed by atoms with van der Waals surface area (Å²) in [5, 5.41) is 2.92. The van der Waals surface area contributed by atoms with Crippen molar-refractivity contribution in [1.29, 1.82) is 0 Å². The van der Waals surface area contributed by atoms with Crippen LogP contribution in [0.2, 0.25) is 0 Å². The molecule has 120 valence electrons. The number of amides is 1. The summed E-state index contributed by atoms with van der Waals surface area (Å²) in [5.74, 6) is 0.636. The number of carbonyl (C=O) groups is 1. The first-order valence-corrected chi connectivity index (χ1v) is 8.21. The van der Waals surface area contributed by atoms with E-state index < -0.39 is 0 Å². The third kappa shape index (κ3) is 3.70. The lowest BCUT2D eigenvalue weighted by molar-refractivity contribution is 0.102. The molecule has 3 rings (SSSR count). The number of pyridine rings is 1. The van der Waals surface area contributed by atoms with Gasteiger partial charge in [-0.25, -0.2) is 4.98 Å². The number of rotatable bonds is 3. The number of piperidine rings is 1. The summed E-state index contributed by atoms with van der Waals surface area (Å²) in [6.07, 6.45) is 4.24. The molecule has 1 amide bonds. The molecule has 0 atom stereocenters. The standard InChI is InChI=1S/C19H23N3O/c1-14-9-11-22(12-10-14)16-7-8-18(20-13-16)19(23)21-17-6-4-3-5-15(17)2/h3-8,13-14H,9-12H2,1-2H3,(H,21,23). The summed E-state index contributed by atoms with van der Waals surface area (Å²) in [6.45, 7) is 6.41. The molecule has 0 unspecified atom stereocenters. The zero-order valence-corrected chi connectivity index (χ0v) is 13.7. The topological polar surface area (TPSA) is 45.2 Å². The van der Waals surface area contributed by atoms with E-state index in [0.717, 1.165) is 35.9 Å². The maximum Gasteiger partial charge on any atom is 0.274 e. The molecule has 23 heavy (non-hydrogen) atoms. The zero-order chi connectivity index (χ0) is 16.2. The Morgan fingerprint density at radius 3 is 2.57 bits per heavy atom. The van der Waals surface area contributed by atoms with Crippen molar-refractivity contribution < 1.29 is 4.79 Å². The highest BCUT2D eigenvalue weighted by atomic mass is 16.1. The van der Waals surface area contributed by atoms with Crippen LogP contribution in [0.15, 0.2) is 42.6 Å². The SMILES string of the molecule is Cc1ccccc1NC(=O)c1ccc(N2CCC(C)CC2)cn1. The number of hydrogen-bond donors (Lipinski definition) is 1. The van der Waals surface area contributed by atoms with Gasteiger partial charge in [0.1, 0.15) is 5.69 Å². The van der Waals surface area contributed by atoms with Gasteiger partial charge >= 0.3 is 0 Å². The zero-order valence-electron chi connectivity index (χ0n) is 13.7. The molecule has 0 radical (unpaired) electrons. The Morgan fingerprint density at radius 1 is 1.17 bits per heavy atom. The number of nitrogens with zero attached hydrogens (tertiary/aromatic N) is 2. The summed E-state index contributed by atoms with van der Waals surface area (Å²) < 4.78 is 0. The molecule has 1 aromatic heterocycles. The Kier molecular flexibility index (Phi) is 4.60. The van der Waals surface area contributed by atoms with Gasteiger partial charge in [0.2, 0.25) is 0 Å². The predicted octanol–water partition coefficient (Wildman–Crippen LogP) is 3.88. The molecule has 1 aliphatic heterocycles. The number of aryl methyl sites for hydroxylation is 1. The minimum atomic E-state index is -0.168. The molecule has 2 heterocycles. The molecule has 1 N–H and O–H groups in total. The monoisotopic (exact) mass is 309 g/mol. The van der Waals surface area contributed by atoms with E-state index in [1.165, 1.54) is 12.8 Å². The maximum atomic E-state index is 12.3. The molecule has 4 nitrogen and oxygen atoms in total. The van der Waals surface area contributed by atoms with Gasteiger partial charge in [-0.15, -0.1) is 0 Å². The third-order valence-electron chi connectivity index (χ3n) is 4.52. The average molecular weight is 309 g/mol. The second-order valence-corrected chi connectivity index (χ2v) is 6.34. The number of carbonyl (C=O) groups excluding carboxylic acids is 1. The highest BCUT2D eigenvalue weighted by molar-refractivity contribution is 6.03. The molecule has 1 fully saturated rings. The van der Waals surface area contributed by atoms with E-state index in [1.807, 2.05) is 43.5 Å². The van der Waals surface area contributed by atoms with Crippen LogP contribution in [0.4, 0.5) is 11.4 Å². The Labute approximate surface area is 137 Å². The molecule has 1 aromatic carbocycles. The van der Waals surface area contributed by atoms with Gasteiger partial charge in [0.15, 0.2) is 0 Å². The number of nitrogens with one attached hydrogen (secondary N) is 1. The summed E-state index contributed by atoms with van der Waals surface area (Å²) in [5.41, 5.74) is 3.42. The Bertz CT molecular complexity index is 673. The molecule has 0 bridgehead atoms. The minimum absolute atomic E-state index is 0.168. The van der Waals surface area contributed by atoms with E-state index in [2.05, 4.69) is 22.1 Å². The van der Waals surface area contributed by atoms with Crippen LogP contribution in [-0.4, -0.2) is 24.0 Å². The number of para-hydroxylation sites is 1. The Balaban J connectivity index is 1.67. The van der Waals surface area contributed by atoms with Gasteiger partial charge in [-0.05, 0) is 49.4 Å². The number of anilines is 2. The summed E-state index contributed by atoms with van der Waals surface area (Å²) in [6, 6.07) is 11.5. The second kappa shape index (κ2) is 6.82. The van der Waals surface area contributed by atoms with Gasteiger partial charge in [0, 0.05) is 18.8 Å². The molecule has 2 aromatic rings. The van der Waals surface area contributed by atoms with Crippen molar-refractivity contribution in [2.75, 3.05) is 23.3 Å². The normalized spacial score (nSPS) is 15.5. The highest BCUT2D eigenvalue weighted by Crippen LogP contribution is 2.22. The smallest absolute Gasteiger partial charge is 0.274 e. The minimum Gasteiger partial charge on any atom is -0.370 e. The Morgan fingerprint density at radius 2 is 1.91 bits per heavy atom. The van der Waals surface area contributed by atoms with Crippen LogP contribution in [0, 0.1) is 12.8 Å². The van der Waals surface area contributed by atoms with Gasteiger partial charge in [0.25, 0.3) is 5.91 Å². The third-order valence-corrected chi connectivity index (χ3v) is 4.52. The van der Waals surface area contributed by atoms with Crippen molar-refractivity contribution in [2.24, 2.45) is 5.92 Å². The van der Waals surface area contributed by atoms with E-state index in [-0.39, 0.29) is 5.91 Å². The average Bonchev–Trinajstić information content (AvgIpc) is 2.58. The summed E-state index contributed by atoms with van der Waals surface area (Å²) in [7, 11) is 0. The van der Waals surface area contributed by atoms with E-state index in [9.17, 15) is 4.79 Å². The summed E-state index contributed by atoms with van der Waals surface area (Å²) >= 11 is 0. The predicted molar refractivity (Wildman–Crippen MR) is 94.0 cm³/mol. The molecular formula is C19H23N3O. The molecule has 1 saturated heterocycles. The van der Waals surface area contributed by atoms with Crippen LogP contribution in [-0.2, 0) is 0 Å². The van der Waals surface area contributed by atoms with Gasteiger partial charge in [-0.3, -0.25) is 4.79 Å². The van der Waals surface area contributed by atoms with E-state index >= 15 is 0 Å². The van der Waals surface area contributed by atoms with Gasteiger partial charge in [-0.2, -0.15) is 0 Å². The molecule has 0 saturated carbocycles. The Hall–Kier alpha value is -2.36. The lowest BCUT2D eigenvalue weighted by Gasteiger charge is -2.31. The van der Waals surface area contributed by atoms with Crippen molar-refractivity contribution in [3.63, 3.8) is 0 Å². The van der Waals surface area contributed by atoms with Crippen molar-refractivity contribution in [3.05, 3.63) is 53.9 Å². The van der Waals surface area contributed by atoms with Crippen LogP contribution in [0.25, 0.3) is 0 Å². The fourth-order valence-corrected chi connectivity index (χ4v) is 2.87. The van der Waals surface area contributed by atoms with Gasteiger partial charge < -0.3 is 10.2 Å². The highest BCUT2D eigenvalue weighted by Gasteiger charge is 2.17. The fraction of sp³-hybridized carbons (Fsp3) is 0.368. The van der Waals surface area contributed by atoms with Crippen LogP contribution in [0.1, 0.15) is 35.8 Å². The number of hydrogen-bond acceptors (Lipinski definition) is 3. The van der Waals surface area contributed by atoms with E-state index in [0.29, 0.717) is 5.69 Å². The van der Waals surface area contributed by atoms with Crippen LogP contribution >= 0.6 is 0 Å². The van der Waals surface area contributed by atoms with Crippen molar-refractivity contribution in [2.45, 2.75) is 26.7 Å². The van der Waals surface area contributed by atoms with Crippen LogP contribution < -0.4 is 10.2 Å². The number of aromatic nitrogens is 1.